The molecule has 0 unspecified atom stereocenters. The van der Waals surface area contributed by atoms with Gasteiger partial charge >= 0.3 is 0 Å². The molecule has 1 aliphatic rings. The lowest BCUT2D eigenvalue weighted by Crippen LogP contribution is -1.99. The van der Waals surface area contributed by atoms with Gasteiger partial charge in [-0.3, -0.25) is 9.55 Å². The van der Waals surface area contributed by atoms with Gasteiger partial charge < -0.3 is 0 Å². The molecule has 0 spiro atoms. The Morgan fingerprint density at radius 3 is 2.50 bits per heavy atom. The number of pyridine rings is 1. The summed E-state index contributed by atoms with van der Waals surface area (Å²) in [6.45, 7) is 0. The first-order valence-corrected chi connectivity index (χ1v) is 11.5. The number of fused-ring (bicyclic) bond motifs is 1. The van der Waals surface area contributed by atoms with Gasteiger partial charge in [-0.15, -0.1) is 0 Å². The molecular weight excluding hydrogens is 414 g/mol. The van der Waals surface area contributed by atoms with Crippen LogP contribution in [0.3, 0.4) is 0 Å². The maximum atomic E-state index is 5.14. The van der Waals surface area contributed by atoms with Crippen molar-refractivity contribution in [1.82, 2.24) is 14.5 Å². The highest BCUT2D eigenvalue weighted by Gasteiger charge is 2.19. The first kappa shape index (κ1) is 20.1. The number of imidazole rings is 1. The van der Waals surface area contributed by atoms with Crippen LogP contribution in [0.5, 0.6) is 0 Å². The Balaban J connectivity index is 1.65. The van der Waals surface area contributed by atoms with Gasteiger partial charge in [-0.2, -0.15) is 0 Å². The van der Waals surface area contributed by atoms with E-state index >= 15 is 0 Å². The third kappa shape index (κ3) is 3.67. The molecule has 0 amide bonds. The molecule has 0 fully saturated rings. The summed E-state index contributed by atoms with van der Waals surface area (Å²) in [5, 5.41) is 0. The highest BCUT2D eigenvalue weighted by molar-refractivity contribution is 5.90. The van der Waals surface area contributed by atoms with Crippen molar-refractivity contribution in [2.75, 3.05) is 0 Å². The molecule has 2 aromatic heterocycles. The van der Waals surface area contributed by atoms with Gasteiger partial charge in [0.25, 0.3) is 0 Å². The van der Waals surface area contributed by atoms with Gasteiger partial charge in [0, 0.05) is 29.2 Å². The molecule has 3 heteroatoms. The quantitative estimate of drug-likeness (QED) is 0.289. The summed E-state index contributed by atoms with van der Waals surface area (Å²) in [6.07, 6.45) is 15.5. The SMILES string of the molecule is C1=CCC=C(c2ccc(-c3cccnc3)c(-c3nc4ccccc4n3-c3ccccc3)c2)C=C1. The second kappa shape index (κ2) is 8.80. The number of rotatable bonds is 4. The lowest BCUT2D eigenvalue weighted by molar-refractivity contribution is 1.10. The number of para-hydroxylation sites is 3. The van der Waals surface area contributed by atoms with Crippen LogP contribution in [0.25, 0.3) is 44.8 Å². The Morgan fingerprint density at radius 1 is 0.735 bits per heavy atom. The van der Waals surface area contributed by atoms with E-state index in [2.05, 4.69) is 107 Å². The van der Waals surface area contributed by atoms with E-state index in [4.69, 9.17) is 4.98 Å². The number of hydrogen-bond acceptors (Lipinski definition) is 2. The number of nitrogens with zero attached hydrogens (tertiary/aromatic N) is 3. The highest BCUT2D eigenvalue weighted by Crippen LogP contribution is 2.37. The van der Waals surface area contributed by atoms with Gasteiger partial charge in [-0.25, -0.2) is 4.98 Å². The number of aromatic nitrogens is 3. The van der Waals surface area contributed by atoms with E-state index < -0.39 is 0 Å². The lowest BCUT2D eigenvalue weighted by atomic mass is 9.94. The highest BCUT2D eigenvalue weighted by atomic mass is 15.1. The summed E-state index contributed by atoms with van der Waals surface area (Å²) in [5.74, 6) is 0.921. The average Bonchev–Trinajstić information content (AvgIpc) is 3.08. The molecule has 0 radical (unpaired) electrons. The first-order valence-electron chi connectivity index (χ1n) is 11.5. The van der Waals surface area contributed by atoms with E-state index in [1.54, 1.807) is 0 Å². The smallest absolute Gasteiger partial charge is 0.146 e. The second-order valence-corrected chi connectivity index (χ2v) is 8.28. The fraction of sp³-hybridized carbons (Fsp3) is 0.0323. The summed E-state index contributed by atoms with van der Waals surface area (Å²) >= 11 is 0. The second-order valence-electron chi connectivity index (χ2n) is 8.28. The van der Waals surface area contributed by atoms with Crippen molar-refractivity contribution in [2.45, 2.75) is 6.42 Å². The maximum absolute atomic E-state index is 5.14. The summed E-state index contributed by atoms with van der Waals surface area (Å²) in [7, 11) is 0. The van der Waals surface area contributed by atoms with Crippen LogP contribution in [0.15, 0.2) is 128 Å². The molecule has 2 heterocycles. The van der Waals surface area contributed by atoms with Gasteiger partial charge in [0.15, 0.2) is 0 Å². The van der Waals surface area contributed by atoms with E-state index in [9.17, 15) is 0 Å². The molecule has 0 atom stereocenters. The number of allylic oxidation sites excluding steroid dienone is 6. The first-order chi connectivity index (χ1) is 16.9. The van der Waals surface area contributed by atoms with Crippen molar-refractivity contribution in [2.24, 2.45) is 0 Å². The van der Waals surface area contributed by atoms with Gasteiger partial charge in [0.05, 0.1) is 11.0 Å². The molecule has 1 aliphatic carbocycles. The molecule has 0 saturated heterocycles. The molecule has 0 bridgehead atoms. The lowest BCUT2D eigenvalue weighted by Gasteiger charge is -2.15. The molecular formula is C31H23N3. The zero-order chi connectivity index (χ0) is 22.7. The Hall–Kier alpha value is -4.50. The van der Waals surface area contributed by atoms with Gasteiger partial charge in [0.1, 0.15) is 5.82 Å². The molecule has 0 saturated carbocycles. The Labute approximate surface area is 199 Å². The monoisotopic (exact) mass is 437 g/mol. The third-order valence-electron chi connectivity index (χ3n) is 6.14. The van der Waals surface area contributed by atoms with Crippen LogP contribution in [0, 0.1) is 0 Å². The number of benzene rings is 3. The minimum Gasteiger partial charge on any atom is -0.292 e. The standard InChI is InChI=1S/C31H23N3/c1-2-5-12-23(11-4-1)24-18-19-27(25-13-10-20-32-22-25)28(21-24)31-33-29-16-8-9-17-30(29)34(31)26-14-6-3-7-15-26/h1-4,6-22H,5H2. The van der Waals surface area contributed by atoms with Crippen LogP contribution >= 0.6 is 0 Å². The molecule has 5 aromatic rings. The van der Waals surface area contributed by atoms with E-state index in [1.807, 2.05) is 30.6 Å². The van der Waals surface area contributed by atoms with E-state index in [-0.39, 0.29) is 0 Å². The fourth-order valence-electron chi connectivity index (χ4n) is 4.52. The van der Waals surface area contributed by atoms with Crippen molar-refractivity contribution in [3.05, 3.63) is 133 Å². The van der Waals surface area contributed by atoms with Crippen molar-refractivity contribution in [3.8, 4) is 28.2 Å². The molecule has 3 aromatic carbocycles. The van der Waals surface area contributed by atoms with Crippen molar-refractivity contribution in [1.29, 1.82) is 0 Å². The molecule has 0 aliphatic heterocycles. The summed E-state index contributed by atoms with van der Waals surface area (Å²) in [4.78, 5) is 9.53. The Kier molecular flexibility index (Phi) is 5.21. The van der Waals surface area contributed by atoms with E-state index in [1.165, 1.54) is 11.1 Å². The van der Waals surface area contributed by atoms with Crippen LogP contribution in [0.4, 0.5) is 0 Å². The summed E-state index contributed by atoms with van der Waals surface area (Å²) in [5.41, 5.74) is 8.80. The Morgan fingerprint density at radius 2 is 1.62 bits per heavy atom. The van der Waals surface area contributed by atoms with Crippen LogP contribution < -0.4 is 0 Å². The zero-order valence-corrected chi connectivity index (χ0v) is 18.7. The molecule has 0 N–H and O–H groups in total. The number of hydrogen-bond donors (Lipinski definition) is 0. The largest absolute Gasteiger partial charge is 0.292 e. The summed E-state index contributed by atoms with van der Waals surface area (Å²) in [6, 6.07) is 29.5. The predicted octanol–water partition coefficient (Wildman–Crippen LogP) is 7.65. The maximum Gasteiger partial charge on any atom is 0.146 e. The van der Waals surface area contributed by atoms with Gasteiger partial charge in [-0.05, 0) is 59.5 Å². The third-order valence-corrected chi connectivity index (χ3v) is 6.14. The van der Waals surface area contributed by atoms with E-state index in [0.717, 1.165) is 45.7 Å². The summed E-state index contributed by atoms with van der Waals surface area (Å²) < 4.78 is 2.26. The van der Waals surface area contributed by atoms with Crippen LogP contribution in [-0.4, -0.2) is 14.5 Å². The minimum absolute atomic E-state index is 0.921. The molecule has 3 nitrogen and oxygen atoms in total. The minimum atomic E-state index is 0.921. The predicted molar refractivity (Wildman–Crippen MR) is 141 cm³/mol. The molecule has 34 heavy (non-hydrogen) atoms. The molecule has 162 valence electrons. The van der Waals surface area contributed by atoms with Crippen molar-refractivity contribution >= 4 is 16.6 Å². The normalized spacial score (nSPS) is 13.1. The van der Waals surface area contributed by atoms with E-state index in [0.29, 0.717) is 0 Å². The van der Waals surface area contributed by atoms with Gasteiger partial charge in [-0.1, -0.05) is 78.9 Å². The van der Waals surface area contributed by atoms with Crippen LogP contribution in [0.2, 0.25) is 0 Å². The fourth-order valence-corrected chi connectivity index (χ4v) is 4.52. The average molecular weight is 438 g/mol. The van der Waals surface area contributed by atoms with Gasteiger partial charge in [0.2, 0.25) is 0 Å². The van der Waals surface area contributed by atoms with Crippen LogP contribution in [0.1, 0.15) is 12.0 Å². The van der Waals surface area contributed by atoms with Crippen LogP contribution in [-0.2, 0) is 0 Å². The zero-order valence-electron chi connectivity index (χ0n) is 18.7. The van der Waals surface area contributed by atoms with Crippen molar-refractivity contribution < 1.29 is 0 Å². The van der Waals surface area contributed by atoms with Crippen molar-refractivity contribution in [3.63, 3.8) is 0 Å². The Bertz CT molecular complexity index is 1550. The topological polar surface area (TPSA) is 30.7 Å². The molecule has 6 rings (SSSR count).